The minimum atomic E-state index is -0.346. The molecule has 1 fully saturated rings. The Morgan fingerprint density at radius 3 is 2.89 bits per heavy atom. The third-order valence-corrected chi connectivity index (χ3v) is 3.92. The molecule has 0 spiro atoms. The van der Waals surface area contributed by atoms with Gasteiger partial charge in [-0.3, -0.25) is 4.79 Å². The predicted octanol–water partition coefficient (Wildman–Crippen LogP) is 2.80. The zero-order valence-corrected chi connectivity index (χ0v) is 11.6. The highest BCUT2D eigenvalue weighted by Gasteiger charge is 2.37. The largest absolute Gasteiger partial charge is 0.466 e. The fraction of sp³-hybridized carbons (Fsp3) is 0.562. The molecule has 3 unspecified atom stereocenters. The van der Waals surface area contributed by atoms with E-state index in [0.717, 1.165) is 18.4 Å². The van der Waals surface area contributed by atoms with Crippen LogP contribution in [0.5, 0.6) is 0 Å². The van der Waals surface area contributed by atoms with E-state index in [1.165, 1.54) is 5.56 Å². The van der Waals surface area contributed by atoms with Gasteiger partial charge in [-0.2, -0.15) is 0 Å². The molecule has 1 saturated carbocycles. The number of hydrogen-bond donors (Lipinski definition) is 1. The summed E-state index contributed by atoms with van der Waals surface area (Å²) in [6.45, 7) is 4.29. The molecule has 0 heterocycles. The normalized spacial score (nSPS) is 26.4. The van der Waals surface area contributed by atoms with Crippen LogP contribution in [0.15, 0.2) is 24.3 Å². The molecule has 1 aromatic carbocycles. The standard InChI is InChI=1S/C16H22O3/c1-3-19-15(18)10-13-7-8-14(17)16(13)12-6-4-5-11(2)9-12/h4-6,9,13-14,16-17H,3,7-8,10H2,1-2H3. The van der Waals surface area contributed by atoms with Gasteiger partial charge >= 0.3 is 5.97 Å². The summed E-state index contributed by atoms with van der Waals surface area (Å²) in [4.78, 5) is 11.6. The maximum Gasteiger partial charge on any atom is 0.306 e. The number of esters is 1. The lowest BCUT2D eigenvalue weighted by Crippen LogP contribution is -2.20. The Morgan fingerprint density at radius 2 is 2.21 bits per heavy atom. The summed E-state index contributed by atoms with van der Waals surface area (Å²) in [5.74, 6) is 0.0967. The molecule has 19 heavy (non-hydrogen) atoms. The summed E-state index contributed by atoms with van der Waals surface area (Å²) < 4.78 is 5.03. The zero-order chi connectivity index (χ0) is 13.8. The van der Waals surface area contributed by atoms with Gasteiger partial charge in [-0.15, -0.1) is 0 Å². The SMILES string of the molecule is CCOC(=O)CC1CCC(O)C1c1cccc(C)c1. The molecule has 1 aliphatic rings. The van der Waals surface area contributed by atoms with Crippen molar-refractivity contribution in [2.75, 3.05) is 6.61 Å². The number of aliphatic hydroxyl groups excluding tert-OH is 1. The molecule has 0 bridgehead atoms. The lowest BCUT2D eigenvalue weighted by Gasteiger charge is -2.22. The van der Waals surface area contributed by atoms with E-state index in [1.807, 2.05) is 32.0 Å². The summed E-state index contributed by atoms with van der Waals surface area (Å²) in [5.41, 5.74) is 2.32. The lowest BCUT2D eigenvalue weighted by molar-refractivity contribution is -0.144. The van der Waals surface area contributed by atoms with Gasteiger partial charge < -0.3 is 9.84 Å². The summed E-state index contributed by atoms with van der Waals surface area (Å²) in [5, 5.41) is 10.2. The molecule has 0 aromatic heterocycles. The summed E-state index contributed by atoms with van der Waals surface area (Å²) >= 11 is 0. The summed E-state index contributed by atoms with van der Waals surface area (Å²) in [6, 6.07) is 8.21. The number of carbonyl (C=O) groups excluding carboxylic acids is 1. The third-order valence-electron chi connectivity index (χ3n) is 3.92. The molecule has 3 atom stereocenters. The highest BCUT2D eigenvalue weighted by molar-refractivity contribution is 5.69. The van der Waals surface area contributed by atoms with E-state index in [9.17, 15) is 9.90 Å². The van der Waals surface area contributed by atoms with E-state index in [1.54, 1.807) is 0 Å². The molecular weight excluding hydrogens is 240 g/mol. The molecule has 0 saturated heterocycles. The molecule has 3 nitrogen and oxygen atoms in total. The van der Waals surface area contributed by atoms with Gasteiger partial charge in [0.05, 0.1) is 12.7 Å². The van der Waals surface area contributed by atoms with Crippen molar-refractivity contribution in [1.82, 2.24) is 0 Å². The van der Waals surface area contributed by atoms with Crippen molar-refractivity contribution in [3.63, 3.8) is 0 Å². The lowest BCUT2D eigenvalue weighted by atomic mass is 9.85. The Balaban J connectivity index is 2.13. The molecule has 1 N–H and O–H groups in total. The topological polar surface area (TPSA) is 46.5 Å². The van der Waals surface area contributed by atoms with Crippen molar-refractivity contribution in [1.29, 1.82) is 0 Å². The number of aliphatic hydroxyl groups is 1. The van der Waals surface area contributed by atoms with Crippen molar-refractivity contribution < 1.29 is 14.6 Å². The second kappa shape index (κ2) is 6.20. The van der Waals surface area contributed by atoms with Crippen LogP contribution < -0.4 is 0 Å². The first-order valence-corrected chi connectivity index (χ1v) is 7.02. The number of aryl methyl sites for hydroxylation is 1. The molecule has 1 aliphatic carbocycles. The van der Waals surface area contributed by atoms with Gasteiger partial charge in [-0.25, -0.2) is 0 Å². The van der Waals surface area contributed by atoms with E-state index in [4.69, 9.17) is 4.74 Å². The van der Waals surface area contributed by atoms with Gasteiger partial charge in [0.2, 0.25) is 0 Å². The van der Waals surface area contributed by atoms with Crippen LogP contribution in [-0.2, 0) is 9.53 Å². The second-order valence-electron chi connectivity index (χ2n) is 5.35. The Labute approximate surface area is 114 Å². The first-order valence-electron chi connectivity index (χ1n) is 7.02. The highest BCUT2D eigenvalue weighted by Crippen LogP contribution is 2.42. The minimum absolute atomic E-state index is 0.0595. The number of hydrogen-bond acceptors (Lipinski definition) is 3. The van der Waals surface area contributed by atoms with Crippen LogP contribution in [0.2, 0.25) is 0 Å². The fourth-order valence-electron chi connectivity index (χ4n) is 3.09. The highest BCUT2D eigenvalue weighted by atomic mass is 16.5. The van der Waals surface area contributed by atoms with Crippen molar-refractivity contribution in [3.8, 4) is 0 Å². The first kappa shape index (κ1) is 14.1. The van der Waals surface area contributed by atoms with E-state index in [-0.39, 0.29) is 23.9 Å². The van der Waals surface area contributed by atoms with Crippen LogP contribution in [0.25, 0.3) is 0 Å². The number of carbonyl (C=O) groups is 1. The Kier molecular flexibility index (Phi) is 4.59. The zero-order valence-electron chi connectivity index (χ0n) is 11.6. The van der Waals surface area contributed by atoms with Gasteiger partial charge in [-0.05, 0) is 38.2 Å². The predicted molar refractivity (Wildman–Crippen MR) is 73.9 cm³/mol. The van der Waals surface area contributed by atoms with Crippen LogP contribution in [-0.4, -0.2) is 23.8 Å². The second-order valence-corrected chi connectivity index (χ2v) is 5.35. The van der Waals surface area contributed by atoms with Crippen molar-refractivity contribution in [2.45, 2.75) is 45.1 Å². The monoisotopic (exact) mass is 262 g/mol. The Bertz CT molecular complexity index is 441. The Hall–Kier alpha value is -1.35. The maximum absolute atomic E-state index is 11.6. The van der Waals surface area contributed by atoms with Crippen LogP contribution in [0.1, 0.15) is 43.2 Å². The van der Waals surface area contributed by atoms with Crippen LogP contribution in [0.4, 0.5) is 0 Å². The molecule has 2 rings (SSSR count). The van der Waals surface area contributed by atoms with Crippen LogP contribution in [0, 0.1) is 12.8 Å². The van der Waals surface area contributed by atoms with Gasteiger partial charge in [-0.1, -0.05) is 29.8 Å². The first-order chi connectivity index (χ1) is 9.11. The summed E-state index contributed by atoms with van der Waals surface area (Å²) in [6.07, 6.45) is 1.71. The van der Waals surface area contributed by atoms with Crippen LogP contribution >= 0.6 is 0 Å². The molecule has 0 amide bonds. The van der Waals surface area contributed by atoms with Gasteiger partial charge in [0, 0.05) is 12.3 Å². The van der Waals surface area contributed by atoms with Crippen molar-refractivity contribution >= 4 is 5.97 Å². The number of rotatable bonds is 4. The average molecular weight is 262 g/mol. The third kappa shape index (κ3) is 3.35. The van der Waals surface area contributed by atoms with Gasteiger partial charge in [0.1, 0.15) is 0 Å². The van der Waals surface area contributed by atoms with Crippen LogP contribution in [0.3, 0.4) is 0 Å². The van der Waals surface area contributed by atoms with Gasteiger partial charge in [0.15, 0.2) is 0 Å². The quantitative estimate of drug-likeness (QED) is 0.849. The molecular formula is C16H22O3. The number of ether oxygens (including phenoxy) is 1. The molecule has 3 heteroatoms. The molecule has 1 aromatic rings. The molecule has 104 valence electrons. The smallest absolute Gasteiger partial charge is 0.306 e. The minimum Gasteiger partial charge on any atom is -0.466 e. The van der Waals surface area contributed by atoms with Crippen molar-refractivity contribution in [2.24, 2.45) is 5.92 Å². The van der Waals surface area contributed by atoms with Gasteiger partial charge in [0.25, 0.3) is 0 Å². The Morgan fingerprint density at radius 1 is 1.42 bits per heavy atom. The number of benzene rings is 1. The molecule has 0 aliphatic heterocycles. The van der Waals surface area contributed by atoms with Crippen molar-refractivity contribution in [3.05, 3.63) is 35.4 Å². The molecule has 0 radical (unpaired) electrons. The van der Waals surface area contributed by atoms with E-state index in [2.05, 4.69) is 6.07 Å². The average Bonchev–Trinajstić information content (AvgIpc) is 2.70. The maximum atomic E-state index is 11.6. The van der Waals surface area contributed by atoms with E-state index < -0.39 is 0 Å². The van der Waals surface area contributed by atoms with E-state index >= 15 is 0 Å². The fourth-order valence-corrected chi connectivity index (χ4v) is 3.09. The summed E-state index contributed by atoms with van der Waals surface area (Å²) in [7, 11) is 0. The van der Waals surface area contributed by atoms with E-state index in [0.29, 0.717) is 13.0 Å².